The van der Waals surface area contributed by atoms with E-state index in [0.717, 1.165) is 49.4 Å². The summed E-state index contributed by atoms with van der Waals surface area (Å²) in [5.41, 5.74) is 0.813. The van der Waals surface area contributed by atoms with Crippen molar-refractivity contribution in [2.75, 3.05) is 32.1 Å². The van der Waals surface area contributed by atoms with Crippen LogP contribution in [0.25, 0.3) is 0 Å². The molecule has 140 valence electrons. The van der Waals surface area contributed by atoms with Crippen LogP contribution in [0.15, 0.2) is 30.4 Å². The molecule has 1 saturated carbocycles. The van der Waals surface area contributed by atoms with Crippen LogP contribution >= 0.6 is 0 Å². The molecule has 1 heterocycles. The third kappa shape index (κ3) is 3.56. The highest BCUT2D eigenvalue weighted by atomic mass is 16.6. The van der Waals surface area contributed by atoms with E-state index in [1.807, 2.05) is 0 Å². The lowest BCUT2D eigenvalue weighted by Crippen LogP contribution is -2.41. The van der Waals surface area contributed by atoms with E-state index >= 15 is 0 Å². The van der Waals surface area contributed by atoms with Crippen LogP contribution in [-0.4, -0.2) is 42.6 Å². The second-order valence-corrected chi connectivity index (χ2v) is 7.90. The molecule has 1 aromatic carbocycles. The SMILES string of the molecule is COc1ccc([N+](=O)[O-])cc1NC1CCN(C[C@@H]2C[C@@H]3C=C[C@H]2C3)CC1. The standard InChI is InChI=1S/C20H27N3O3/c1-26-20-5-4-18(23(24)25)12-19(20)21-17-6-8-22(9-7-17)13-16-11-14-2-3-15(16)10-14/h2-5,12,14-17,21H,6-11,13H2,1H3/t14-,15+,16+/m1/s1. The number of hydrogen-bond acceptors (Lipinski definition) is 5. The molecule has 2 fully saturated rings. The van der Waals surface area contributed by atoms with E-state index in [0.29, 0.717) is 11.8 Å². The number of likely N-dealkylation sites (tertiary alicyclic amines) is 1. The van der Waals surface area contributed by atoms with Crippen LogP contribution in [0.1, 0.15) is 25.7 Å². The molecule has 1 saturated heterocycles. The largest absolute Gasteiger partial charge is 0.495 e. The zero-order chi connectivity index (χ0) is 18.1. The molecule has 3 aliphatic rings. The van der Waals surface area contributed by atoms with Crippen molar-refractivity contribution in [1.29, 1.82) is 0 Å². The highest BCUT2D eigenvalue weighted by molar-refractivity contribution is 5.62. The number of anilines is 1. The zero-order valence-electron chi connectivity index (χ0n) is 15.3. The highest BCUT2D eigenvalue weighted by Gasteiger charge is 2.36. The Bertz CT molecular complexity index is 698. The lowest BCUT2D eigenvalue weighted by Gasteiger charge is -2.35. The van der Waals surface area contributed by atoms with Crippen molar-refractivity contribution in [3.05, 3.63) is 40.5 Å². The van der Waals surface area contributed by atoms with Crippen molar-refractivity contribution in [2.45, 2.75) is 31.7 Å². The van der Waals surface area contributed by atoms with Gasteiger partial charge in [0, 0.05) is 37.8 Å². The van der Waals surface area contributed by atoms with Crippen molar-refractivity contribution < 1.29 is 9.66 Å². The molecule has 1 N–H and O–H groups in total. The van der Waals surface area contributed by atoms with Gasteiger partial charge in [-0.3, -0.25) is 10.1 Å². The molecule has 0 radical (unpaired) electrons. The first-order valence-electron chi connectivity index (χ1n) is 9.62. The van der Waals surface area contributed by atoms with Crippen LogP contribution in [0, 0.1) is 27.9 Å². The molecule has 2 aliphatic carbocycles. The van der Waals surface area contributed by atoms with Crippen LogP contribution in [0.2, 0.25) is 0 Å². The van der Waals surface area contributed by atoms with E-state index in [9.17, 15) is 10.1 Å². The maximum Gasteiger partial charge on any atom is 0.271 e. The number of allylic oxidation sites excluding steroid dienone is 2. The topological polar surface area (TPSA) is 67.6 Å². The maximum absolute atomic E-state index is 11.0. The Balaban J connectivity index is 1.32. The zero-order valence-corrected chi connectivity index (χ0v) is 15.3. The lowest BCUT2D eigenvalue weighted by molar-refractivity contribution is -0.384. The van der Waals surface area contributed by atoms with Crippen molar-refractivity contribution in [2.24, 2.45) is 17.8 Å². The first-order chi connectivity index (χ1) is 12.6. The monoisotopic (exact) mass is 357 g/mol. The van der Waals surface area contributed by atoms with Crippen molar-refractivity contribution in [1.82, 2.24) is 4.90 Å². The van der Waals surface area contributed by atoms with Crippen LogP contribution in [0.4, 0.5) is 11.4 Å². The van der Waals surface area contributed by atoms with Gasteiger partial charge in [-0.15, -0.1) is 0 Å². The van der Waals surface area contributed by atoms with Crippen molar-refractivity contribution >= 4 is 11.4 Å². The number of nitrogens with one attached hydrogen (secondary N) is 1. The molecule has 6 heteroatoms. The Morgan fingerprint density at radius 3 is 2.69 bits per heavy atom. The third-order valence-electron chi connectivity index (χ3n) is 6.25. The maximum atomic E-state index is 11.0. The molecule has 4 rings (SSSR count). The number of benzene rings is 1. The average molecular weight is 357 g/mol. The Morgan fingerprint density at radius 2 is 2.08 bits per heavy atom. The fourth-order valence-electron chi connectivity index (χ4n) is 4.84. The molecule has 3 atom stereocenters. The second-order valence-electron chi connectivity index (χ2n) is 7.90. The molecule has 0 amide bonds. The van der Waals surface area contributed by atoms with Crippen LogP contribution in [0.5, 0.6) is 5.75 Å². The lowest BCUT2D eigenvalue weighted by atomic mass is 9.92. The normalized spacial score (nSPS) is 28.4. The molecular formula is C20H27N3O3. The van der Waals surface area contributed by atoms with Crippen LogP contribution in [0.3, 0.4) is 0 Å². The summed E-state index contributed by atoms with van der Waals surface area (Å²) < 4.78 is 5.36. The predicted molar refractivity (Wildman–Crippen MR) is 102 cm³/mol. The number of methoxy groups -OCH3 is 1. The summed E-state index contributed by atoms with van der Waals surface area (Å²) in [6, 6.07) is 5.06. The molecule has 0 aromatic heterocycles. The number of non-ortho nitro benzene ring substituents is 1. The number of piperidine rings is 1. The molecule has 6 nitrogen and oxygen atoms in total. The fraction of sp³-hybridized carbons (Fsp3) is 0.600. The minimum absolute atomic E-state index is 0.0927. The van der Waals surface area contributed by atoms with Gasteiger partial charge >= 0.3 is 0 Å². The van der Waals surface area contributed by atoms with Gasteiger partial charge in [-0.25, -0.2) is 0 Å². The Morgan fingerprint density at radius 1 is 1.27 bits per heavy atom. The van der Waals surface area contributed by atoms with Gasteiger partial charge in [-0.2, -0.15) is 0 Å². The number of nitrogens with zero attached hydrogens (tertiary/aromatic N) is 2. The molecule has 1 aromatic rings. The van der Waals surface area contributed by atoms with Gasteiger partial charge < -0.3 is 15.0 Å². The van der Waals surface area contributed by atoms with E-state index < -0.39 is 0 Å². The minimum atomic E-state index is -0.364. The number of rotatable bonds is 6. The van der Waals surface area contributed by atoms with Crippen LogP contribution < -0.4 is 10.1 Å². The summed E-state index contributed by atoms with van der Waals surface area (Å²) in [5, 5.41) is 14.5. The summed E-state index contributed by atoms with van der Waals surface area (Å²) >= 11 is 0. The van der Waals surface area contributed by atoms with E-state index in [1.54, 1.807) is 19.2 Å². The summed E-state index contributed by atoms with van der Waals surface area (Å²) in [4.78, 5) is 13.3. The van der Waals surface area contributed by atoms with Crippen molar-refractivity contribution in [3.8, 4) is 5.75 Å². The molecule has 1 aliphatic heterocycles. The number of fused-ring (bicyclic) bond motifs is 2. The van der Waals surface area contributed by atoms with Gasteiger partial charge in [-0.05, 0) is 49.5 Å². The fourth-order valence-corrected chi connectivity index (χ4v) is 4.84. The summed E-state index contributed by atoms with van der Waals surface area (Å²) in [6.07, 6.45) is 9.69. The van der Waals surface area contributed by atoms with Gasteiger partial charge in [0.15, 0.2) is 0 Å². The summed E-state index contributed by atoms with van der Waals surface area (Å²) in [6.45, 7) is 3.40. The number of ether oxygens (including phenoxy) is 1. The Labute approximate surface area is 154 Å². The third-order valence-corrected chi connectivity index (χ3v) is 6.25. The number of nitro benzene ring substituents is 1. The second kappa shape index (κ2) is 7.27. The van der Waals surface area contributed by atoms with Crippen LogP contribution in [-0.2, 0) is 0 Å². The van der Waals surface area contributed by atoms with E-state index in [2.05, 4.69) is 22.4 Å². The predicted octanol–water partition coefficient (Wildman–Crippen LogP) is 3.69. The van der Waals surface area contributed by atoms with E-state index in [4.69, 9.17) is 4.74 Å². The number of nitro groups is 1. The van der Waals surface area contributed by atoms with Gasteiger partial charge in [0.2, 0.25) is 0 Å². The van der Waals surface area contributed by atoms with Gasteiger partial charge in [-0.1, -0.05) is 12.2 Å². The first-order valence-corrected chi connectivity index (χ1v) is 9.62. The quantitative estimate of drug-likeness (QED) is 0.478. The first kappa shape index (κ1) is 17.3. The number of hydrogen-bond donors (Lipinski definition) is 1. The molecular weight excluding hydrogens is 330 g/mol. The van der Waals surface area contributed by atoms with Crippen molar-refractivity contribution in [3.63, 3.8) is 0 Å². The summed E-state index contributed by atoms with van der Waals surface area (Å²) in [7, 11) is 1.60. The average Bonchev–Trinajstić information content (AvgIpc) is 3.26. The Hall–Kier alpha value is -2.08. The van der Waals surface area contributed by atoms with Gasteiger partial charge in [0.05, 0.1) is 17.7 Å². The molecule has 0 unspecified atom stereocenters. The highest BCUT2D eigenvalue weighted by Crippen LogP contribution is 2.43. The molecule has 2 bridgehead atoms. The molecule has 26 heavy (non-hydrogen) atoms. The van der Waals surface area contributed by atoms with Gasteiger partial charge in [0.25, 0.3) is 5.69 Å². The van der Waals surface area contributed by atoms with Gasteiger partial charge in [0.1, 0.15) is 5.75 Å². The van der Waals surface area contributed by atoms with E-state index in [-0.39, 0.29) is 10.6 Å². The minimum Gasteiger partial charge on any atom is -0.495 e. The summed E-state index contributed by atoms with van der Waals surface area (Å²) in [5.74, 6) is 3.15. The smallest absolute Gasteiger partial charge is 0.271 e. The van der Waals surface area contributed by atoms with E-state index in [1.165, 1.54) is 25.5 Å². The Kier molecular flexibility index (Phi) is 4.85. The molecule has 0 spiro atoms.